The summed E-state index contributed by atoms with van der Waals surface area (Å²) in [6.45, 7) is 8.19. The predicted octanol–water partition coefficient (Wildman–Crippen LogP) is 3.19. The Morgan fingerprint density at radius 2 is 1.96 bits per heavy atom. The van der Waals surface area contributed by atoms with Crippen molar-refractivity contribution in [3.63, 3.8) is 0 Å². The lowest BCUT2D eigenvalue weighted by Crippen LogP contribution is -2.47. The van der Waals surface area contributed by atoms with Gasteiger partial charge in [0.1, 0.15) is 10.8 Å². The summed E-state index contributed by atoms with van der Waals surface area (Å²) in [6, 6.07) is 6.36. The van der Waals surface area contributed by atoms with E-state index in [-0.39, 0.29) is 0 Å². The first-order valence-electron chi connectivity index (χ1n) is 8.85. The third-order valence-electron chi connectivity index (χ3n) is 4.76. The van der Waals surface area contributed by atoms with Crippen molar-refractivity contribution in [1.29, 1.82) is 0 Å². The third-order valence-corrected chi connectivity index (χ3v) is 5.70. The van der Waals surface area contributed by atoms with E-state index < -0.39 is 0 Å². The molecule has 0 spiro atoms. The van der Waals surface area contributed by atoms with Crippen LogP contribution >= 0.6 is 11.3 Å². The normalized spacial score (nSPS) is 16.6. The highest BCUT2D eigenvalue weighted by Crippen LogP contribution is 2.25. The quantitative estimate of drug-likeness (QED) is 0.707. The molecule has 26 heavy (non-hydrogen) atoms. The van der Waals surface area contributed by atoms with Gasteiger partial charge in [-0.1, -0.05) is 0 Å². The molecule has 0 saturated carbocycles. The van der Waals surface area contributed by atoms with E-state index in [1.807, 2.05) is 36.8 Å². The van der Waals surface area contributed by atoms with Gasteiger partial charge in [-0.15, -0.1) is 11.3 Å². The van der Waals surface area contributed by atoms with Crippen LogP contribution in [0, 0.1) is 6.92 Å². The van der Waals surface area contributed by atoms with Crippen LogP contribution in [-0.2, 0) is 0 Å². The molecule has 0 bridgehead atoms. The van der Waals surface area contributed by atoms with Gasteiger partial charge >= 0.3 is 0 Å². The van der Waals surface area contributed by atoms with E-state index in [1.165, 1.54) is 5.01 Å². The van der Waals surface area contributed by atoms with Crippen molar-refractivity contribution < 1.29 is 0 Å². The summed E-state index contributed by atoms with van der Waals surface area (Å²) in [6.07, 6.45) is 5.46. The third kappa shape index (κ3) is 3.59. The lowest BCUT2D eigenvalue weighted by Gasteiger charge is -2.38. The Labute approximate surface area is 157 Å². The predicted molar refractivity (Wildman–Crippen MR) is 104 cm³/mol. The maximum Gasteiger partial charge on any atom is 0.163 e. The number of aryl methyl sites for hydroxylation is 1. The van der Waals surface area contributed by atoms with Crippen LogP contribution in [0.3, 0.4) is 0 Å². The Kier molecular flexibility index (Phi) is 4.90. The fraction of sp³-hybridized carbons (Fsp3) is 0.368. The van der Waals surface area contributed by atoms with Crippen LogP contribution in [0.5, 0.6) is 0 Å². The highest BCUT2D eigenvalue weighted by Gasteiger charge is 2.24. The summed E-state index contributed by atoms with van der Waals surface area (Å²) in [7, 11) is 0. The Bertz CT molecular complexity index is 844. The molecule has 6 nitrogen and oxygen atoms in total. The van der Waals surface area contributed by atoms with Crippen LogP contribution in [0.1, 0.15) is 23.7 Å². The Morgan fingerprint density at radius 3 is 2.65 bits per heavy atom. The molecule has 3 aromatic rings. The minimum atomic E-state index is 0.371. The average molecular weight is 366 g/mol. The molecule has 4 rings (SSSR count). The summed E-state index contributed by atoms with van der Waals surface area (Å²) in [5.74, 6) is 1.74. The lowest BCUT2D eigenvalue weighted by molar-refractivity contribution is 0.198. The van der Waals surface area contributed by atoms with Crippen molar-refractivity contribution in [2.75, 3.05) is 31.1 Å². The van der Waals surface area contributed by atoms with E-state index in [2.05, 4.69) is 37.7 Å². The molecule has 3 aromatic heterocycles. The van der Waals surface area contributed by atoms with Crippen molar-refractivity contribution >= 4 is 17.2 Å². The zero-order valence-corrected chi connectivity index (χ0v) is 15.9. The van der Waals surface area contributed by atoms with Crippen LogP contribution in [0.2, 0.25) is 0 Å². The van der Waals surface area contributed by atoms with Crippen molar-refractivity contribution in [2.24, 2.45) is 0 Å². The molecule has 0 aliphatic carbocycles. The second-order valence-electron chi connectivity index (χ2n) is 6.50. The van der Waals surface area contributed by atoms with Crippen LogP contribution in [0.4, 0.5) is 5.82 Å². The van der Waals surface area contributed by atoms with Gasteiger partial charge in [0.15, 0.2) is 5.82 Å². The molecule has 0 aromatic carbocycles. The molecule has 1 aliphatic rings. The molecule has 0 radical (unpaired) electrons. The number of hydrogen-bond donors (Lipinski definition) is 0. The first-order valence-corrected chi connectivity index (χ1v) is 9.73. The second kappa shape index (κ2) is 7.47. The van der Waals surface area contributed by atoms with E-state index in [0.29, 0.717) is 6.04 Å². The Hall–Kier alpha value is -2.38. The maximum atomic E-state index is 4.79. The minimum absolute atomic E-state index is 0.371. The molecule has 1 atom stereocenters. The first-order chi connectivity index (χ1) is 12.7. The van der Waals surface area contributed by atoms with Gasteiger partial charge in [-0.2, -0.15) is 0 Å². The first kappa shape index (κ1) is 17.1. The molecule has 7 heteroatoms. The molecule has 4 heterocycles. The monoisotopic (exact) mass is 366 g/mol. The van der Waals surface area contributed by atoms with E-state index in [9.17, 15) is 0 Å². The minimum Gasteiger partial charge on any atom is -0.354 e. The highest BCUT2D eigenvalue weighted by atomic mass is 32.1. The molecule has 1 saturated heterocycles. The molecule has 1 aliphatic heterocycles. The number of aromatic nitrogens is 4. The van der Waals surface area contributed by atoms with Gasteiger partial charge < -0.3 is 4.90 Å². The van der Waals surface area contributed by atoms with Crippen molar-refractivity contribution in [3.05, 3.63) is 52.9 Å². The molecular weight excluding hydrogens is 344 g/mol. The van der Waals surface area contributed by atoms with Gasteiger partial charge in [-0.05, 0) is 26.0 Å². The van der Waals surface area contributed by atoms with Gasteiger partial charge in [-0.3, -0.25) is 9.88 Å². The summed E-state index contributed by atoms with van der Waals surface area (Å²) in [4.78, 5) is 22.9. The molecular formula is C19H22N6S. The zero-order valence-electron chi connectivity index (χ0n) is 15.0. The smallest absolute Gasteiger partial charge is 0.163 e. The largest absolute Gasteiger partial charge is 0.354 e. The standard InChI is InChI=1S/C19H22N6S/c1-14-12-17(23-18(22-14)16-4-3-5-20-13-16)25-9-7-24(8-10-25)15(2)19-21-6-11-26-19/h3-6,11-13,15H,7-10H2,1-2H3. The number of thiazole rings is 1. The van der Waals surface area contributed by atoms with Gasteiger partial charge in [0.05, 0.1) is 6.04 Å². The van der Waals surface area contributed by atoms with E-state index >= 15 is 0 Å². The lowest BCUT2D eigenvalue weighted by atomic mass is 10.2. The Morgan fingerprint density at radius 1 is 1.12 bits per heavy atom. The van der Waals surface area contributed by atoms with Crippen LogP contribution < -0.4 is 4.90 Å². The van der Waals surface area contributed by atoms with E-state index in [4.69, 9.17) is 4.98 Å². The van der Waals surface area contributed by atoms with E-state index in [0.717, 1.165) is 49.1 Å². The van der Waals surface area contributed by atoms with Gasteiger partial charge in [0, 0.05) is 67.5 Å². The number of piperazine rings is 1. The number of hydrogen-bond acceptors (Lipinski definition) is 7. The van der Waals surface area contributed by atoms with Crippen LogP contribution in [0.25, 0.3) is 11.4 Å². The summed E-state index contributed by atoms with van der Waals surface area (Å²) in [5, 5.41) is 3.24. The fourth-order valence-electron chi connectivity index (χ4n) is 3.27. The van der Waals surface area contributed by atoms with Crippen molar-refractivity contribution in [1.82, 2.24) is 24.8 Å². The van der Waals surface area contributed by atoms with Crippen LogP contribution in [-0.4, -0.2) is 51.0 Å². The van der Waals surface area contributed by atoms with Crippen molar-refractivity contribution in [3.8, 4) is 11.4 Å². The highest BCUT2D eigenvalue weighted by molar-refractivity contribution is 7.09. The molecule has 0 amide bonds. The Balaban J connectivity index is 1.48. The second-order valence-corrected chi connectivity index (χ2v) is 7.43. The van der Waals surface area contributed by atoms with E-state index in [1.54, 1.807) is 17.5 Å². The summed E-state index contributed by atoms with van der Waals surface area (Å²) >= 11 is 1.73. The molecule has 0 N–H and O–H groups in total. The molecule has 1 fully saturated rings. The number of anilines is 1. The fourth-order valence-corrected chi connectivity index (χ4v) is 4.00. The zero-order chi connectivity index (χ0) is 17.9. The number of pyridine rings is 1. The molecule has 1 unspecified atom stereocenters. The number of nitrogens with zero attached hydrogens (tertiary/aromatic N) is 6. The van der Waals surface area contributed by atoms with Crippen LogP contribution in [0.15, 0.2) is 42.2 Å². The van der Waals surface area contributed by atoms with Gasteiger partial charge in [0.2, 0.25) is 0 Å². The average Bonchev–Trinajstić information content (AvgIpc) is 3.22. The summed E-state index contributed by atoms with van der Waals surface area (Å²) < 4.78 is 0. The van der Waals surface area contributed by atoms with Gasteiger partial charge in [0.25, 0.3) is 0 Å². The van der Waals surface area contributed by atoms with Crippen molar-refractivity contribution in [2.45, 2.75) is 19.9 Å². The topological polar surface area (TPSA) is 58.0 Å². The summed E-state index contributed by atoms with van der Waals surface area (Å²) in [5.41, 5.74) is 1.93. The molecule has 134 valence electrons. The van der Waals surface area contributed by atoms with Gasteiger partial charge in [-0.25, -0.2) is 15.0 Å². The number of rotatable bonds is 4. The SMILES string of the molecule is Cc1cc(N2CCN(C(C)c3nccs3)CC2)nc(-c2cccnc2)n1. The maximum absolute atomic E-state index is 4.79.